The number of benzene rings is 3. The third kappa shape index (κ3) is 3.88. The van der Waals surface area contributed by atoms with Gasteiger partial charge in [-0.3, -0.25) is 4.79 Å². The fourth-order valence-electron chi connectivity index (χ4n) is 2.59. The zero-order chi connectivity index (χ0) is 19.4. The highest BCUT2D eigenvalue weighted by atomic mass is 16.5. The van der Waals surface area contributed by atoms with Crippen LogP contribution in [0, 0.1) is 11.3 Å². The van der Waals surface area contributed by atoms with E-state index < -0.39 is 18.0 Å². The molecule has 6 nitrogen and oxygen atoms in total. The molecule has 27 heavy (non-hydrogen) atoms. The molecule has 0 bridgehead atoms. The number of amides is 1. The van der Waals surface area contributed by atoms with Crippen molar-refractivity contribution in [1.82, 2.24) is 0 Å². The lowest BCUT2D eigenvalue weighted by Gasteiger charge is -2.15. The molecule has 1 atom stereocenters. The number of aromatic hydroxyl groups is 1. The van der Waals surface area contributed by atoms with Crippen LogP contribution in [0.15, 0.2) is 60.7 Å². The average molecular weight is 360 g/mol. The Labute approximate surface area is 155 Å². The molecule has 1 amide bonds. The van der Waals surface area contributed by atoms with Crippen LogP contribution in [0.4, 0.5) is 5.69 Å². The van der Waals surface area contributed by atoms with Crippen molar-refractivity contribution >= 4 is 28.3 Å². The van der Waals surface area contributed by atoms with Gasteiger partial charge in [-0.1, -0.05) is 36.4 Å². The largest absolute Gasteiger partial charge is 0.507 e. The number of nitrogens with one attached hydrogen (secondary N) is 1. The minimum absolute atomic E-state index is 0.0224. The second-order valence-corrected chi connectivity index (χ2v) is 5.91. The Morgan fingerprint density at radius 2 is 1.70 bits per heavy atom. The van der Waals surface area contributed by atoms with Gasteiger partial charge in [-0.15, -0.1) is 0 Å². The van der Waals surface area contributed by atoms with Crippen molar-refractivity contribution in [2.45, 2.75) is 13.0 Å². The molecule has 0 aliphatic carbocycles. The number of ether oxygens (including phenoxy) is 1. The standard InChI is InChI=1S/C21H16N2O4/c1-13(20(25)23-18-9-5-4-8-16(18)12-22)27-21(26)17-10-14-6-2-3-7-15(14)11-19(17)24/h2-11,13,24H,1H3,(H,23,25)/t13-/m0/s1. The van der Waals surface area contributed by atoms with E-state index in [2.05, 4.69) is 5.32 Å². The maximum absolute atomic E-state index is 12.4. The smallest absolute Gasteiger partial charge is 0.342 e. The zero-order valence-electron chi connectivity index (χ0n) is 14.5. The van der Waals surface area contributed by atoms with Gasteiger partial charge in [-0.2, -0.15) is 5.26 Å². The summed E-state index contributed by atoms with van der Waals surface area (Å²) >= 11 is 0. The lowest BCUT2D eigenvalue weighted by atomic mass is 10.1. The van der Waals surface area contributed by atoms with Crippen LogP contribution in [-0.4, -0.2) is 23.1 Å². The number of esters is 1. The van der Waals surface area contributed by atoms with Gasteiger partial charge in [0.2, 0.25) is 0 Å². The summed E-state index contributed by atoms with van der Waals surface area (Å²) in [4.78, 5) is 24.7. The number of phenols is 1. The number of anilines is 1. The summed E-state index contributed by atoms with van der Waals surface area (Å²) in [6.45, 7) is 1.42. The number of carbonyl (C=O) groups is 2. The van der Waals surface area contributed by atoms with Crippen LogP contribution in [-0.2, 0) is 9.53 Å². The van der Waals surface area contributed by atoms with Crippen LogP contribution >= 0.6 is 0 Å². The minimum Gasteiger partial charge on any atom is -0.507 e. The van der Waals surface area contributed by atoms with Crippen molar-refractivity contribution in [2.24, 2.45) is 0 Å². The molecule has 3 rings (SSSR count). The van der Waals surface area contributed by atoms with Crippen molar-refractivity contribution < 1.29 is 19.4 Å². The van der Waals surface area contributed by atoms with Gasteiger partial charge in [0.25, 0.3) is 5.91 Å². The second-order valence-electron chi connectivity index (χ2n) is 5.91. The summed E-state index contributed by atoms with van der Waals surface area (Å²) < 4.78 is 5.18. The van der Waals surface area contributed by atoms with E-state index in [0.717, 1.165) is 10.8 Å². The van der Waals surface area contributed by atoms with Crippen molar-refractivity contribution in [2.75, 3.05) is 5.32 Å². The zero-order valence-corrected chi connectivity index (χ0v) is 14.5. The molecule has 0 aliphatic heterocycles. The van der Waals surface area contributed by atoms with Gasteiger partial charge < -0.3 is 15.2 Å². The first-order valence-electron chi connectivity index (χ1n) is 8.22. The molecule has 2 N–H and O–H groups in total. The van der Waals surface area contributed by atoms with Gasteiger partial charge in [0.05, 0.1) is 11.3 Å². The molecule has 0 fully saturated rings. The van der Waals surface area contributed by atoms with Crippen molar-refractivity contribution in [3.05, 3.63) is 71.8 Å². The molecular weight excluding hydrogens is 344 g/mol. The first-order valence-corrected chi connectivity index (χ1v) is 8.22. The predicted octanol–water partition coefficient (Wildman–Crippen LogP) is 3.60. The molecular formula is C21H16N2O4. The van der Waals surface area contributed by atoms with Crippen LogP contribution in [0.1, 0.15) is 22.8 Å². The van der Waals surface area contributed by atoms with E-state index in [1.165, 1.54) is 19.1 Å². The molecule has 6 heteroatoms. The highest BCUT2D eigenvalue weighted by molar-refractivity contribution is 6.01. The van der Waals surface area contributed by atoms with E-state index in [9.17, 15) is 14.7 Å². The van der Waals surface area contributed by atoms with E-state index in [1.807, 2.05) is 24.3 Å². The van der Waals surface area contributed by atoms with Gasteiger partial charge in [-0.25, -0.2) is 4.79 Å². The number of para-hydroxylation sites is 1. The summed E-state index contributed by atoms with van der Waals surface area (Å²) in [5.41, 5.74) is 0.615. The van der Waals surface area contributed by atoms with Crippen LogP contribution in [0.5, 0.6) is 5.75 Å². The number of fused-ring (bicyclic) bond motifs is 1. The Morgan fingerprint density at radius 1 is 1.07 bits per heavy atom. The van der Waals surface area contributed by atoms with Crippen molar-refractivity contribution in [1.29, 1.82) is 5.26 Å². The summed E-state index contributed by atoms with van der Waals surface area (Å²) in [5, 5.41) is 23.3. The Bertz CT molecular complexity index is 1070. The highest BCUT2D eigenvalue weighted by Gasteiger charge is 2.22. The number of nitriles is 1. The van der Waals surface area contributed by atoms with Crippen LogP contribution in [0.25, 0.3) is 10.8 Å². The van der Waals surface area contributed by atoms with Crippen LogP contribution < -0.4 is 5.32 Å². The second kappa shape index (κ2) is 7.58. The summed E-state index contributed by atoms with van der Waals surface area (Å²) in [6.07, 6.45) is -1.12. The molecule has 0 saturated heterocycles. The molecule has 0 aromatic heterocycles. The predicted molar refractivity (Wildman–Crippen MR) is 100 cm³/mol. The Hall–Kier alpha value is -3.85. The van der Waals surface area contributed by atoms with E-state index in [0.29, 0.717) is 11.3 Å². The normalized spacial score (nSPS) is 11.4. The number of rotatable bonds is 4. The number of carbonyl (C=O) groups excluding carboxylic acids is 2. The van der Waals surface area contributed by atoms with Crippen LogP contribution in [0.3, 0.4) is 0 Å². The summed E-state index contributed by atoms with van der Waals surface area (Å²) in [5.74, 6) is -1.61. The first kappa shape index (κ1) is 18.0. The quantitative estimate of drug-likeness (QED) is 0.693. The lowest BCUT2D eigenvalue weighted by Crippen LogP contribution is -2.30. The molecule has 0 radical (unpaired) electrons. The summed E-state index contributed by atoms with van der Waals surface area (Å²) in [7, 11) is 0. The van der Waals surface area contributed by atoms with Gasteiger partial charge >= 0.3 is 5.97 Å². The van der Waals surface area contributed by atoms with Gasteiger partial charge in [0.15, 0.2) is 6.10 Å². The Kier molecular flexibility index (Phi) is 5.04. The van der Waals surface area contributed by atoms with Crippen LogP contribution in [0.2, 0.25) is 0 Å². The molecule has 0 aliphatic rings. The van der Waals surface area contributed by atoms with E-state index in [-0.39, 0.29) is 11.3 Å². The van der Waals surface area contributed by atoms with Gasteiger partial charge in [0.1, 0.15) is 17.4 Å². The third-order valence-corrected chi connectivity index (χ3v) is 4.04. The van der Waals surface area contributed by atoms with Gasteiger partial charge in [0, 0.05) is 0 Å². The number of hydrogen-bond donors (Lipinski definition) is 2. The topological polar surface area (TPSA) is 99.4 Å². The van der Waals surface area contributed by atoms with Crippen molar-refractivity contribution in [3.63, 3.8) is 0 Å². The SMILES string of the molecule is C[C@H](OC(=O)c1cc2ccccc2cc1O)C(=O)Nc1ccccc1C#N. The Balaban J connectivity index is 1.74. The number of nitrogens with zero attached hydrogens (tertiary/aromatic N) is 1. The van der Waals surface area contributed by atoms with E-state index in [1.54, 1.807) is 30.3 Å². The number of hydrogen-bond acceptors (Lipinski definition) is 5. The van der Waals surface area contributed by atoms with Crippen molar-refractivity contribution in [3.8, 4) is 11.8 Å². The lowest BCUT2D eigenvalue weighted by molar-refractivity contribution is -0.123. The average Bonchev–Trinajstić information content (AvgIpc) is 2.67. The highest BCUT2D eigenvalue weighted by Crippen LogP contribution is 2.26. The van der Waals surface area contributed by atoms with Gasteiger partial charge in [-0.05, 0) is 42.0 Å². The molecule has 3 aromatic carbocycles. The molecule has 0 spiro atoms. The minimum atomic E-state index is -1.12. The first-order chi connectivity index (χ1) is 13.0. The van der Waals surface area contributed by atoms with E-state index in [4.69, 9.17) is 10.00 Å². The molecule has 3 aromatic rings. The fourth-order valence-corrected chi connectivity index (χ4v) is 2.59. The van der Waals surface area contributed by atoms with E-state index >= 15 is 0 Å². The number of phenolic OH excluding ortho intramolecular Hbond substituents is 1. The maximum Gasteiger partial charge on any atom is 0.342 e. The Morgan fingerprint density at radius 3 is 2.41 bits per heavy atom. The molecule has 134 valence electrons. The molecule has 0 heterocycles. The maximum atomic E-state index is 12.4. The third-order valence-electron chi connectivity index (χ3n) is 4.04. The fraction of sp³-hybridized carbons (Fsp3) is 0.0952. The monoisotopic (exact) mass is 360 g/mol. The molecule has 0 saturated carbocycles. The summed E-state index contributed by atoms with van der Waals surface area (Å²) in [6, 6.07) is 18.7. The molecule has 0 unspecified atom stereocenters.